The van der Waals surface area contributed by atoms with E-state index < -0.39 is 0 Å². The van der Waals surface area contributed by atoms with Crippen molar-refractivity contribution in [3.63, 3.8) is 0 Å². The molecule has 5 fully saturated rings. The first-order valence-corrected chi connectivity index (χ1v) is 15.0. The fourth-order valence-electron chi connectivity index (χ4n) is 9.36. The first-order valence-electron chi connectivity index (χ1n) is 15.0. The molecule has 0 aromatic carbocycles. The molecule has 0 amide bonds. The Morgan fingerprint density at radius 2 is 1.45 bits per heavy atom. The summed E-state index contributed by atoms with van der Waals surface area (Å²) in [4.78, 5) is 0. The molecule has 8 atom stereocenters. The molecule has 0 radical (unpaired) electrons. The number of rotatable bonds is 9. The van der Waals surface area contributed by atoms with E-state index >= 15 is 0 Å². The molecule has 5 aliphatic rings. The zero-order chi connectivity index (χ0) is 22.7. The van der Waals surface area contributed by atoms with Gasteiger partial charge in [-0.1, -0.05) is 39.5 Å². The molecule has 4 aliphatic carbocycles. The van der Waals surface area contributed by atoms with E-state index in [1.807, 2.05) is 0 Å². The standard InChI is InChI=1S/C30H52O3/c1-29-18-7-5-11-23(29)13-14-24-25-15-16-27(30(25,2)19-17-26(24)29)31-20-8-3-4-9-21-32-28-12-6-10-22-33-28/h23-28H,3-22H2,1-2H3/t23-,24+,25+,26+,27+,28?,29+,30+/m1/s1. The van der Waals surface area contributed by atoms with Crippen LogP contribution in [-0.4, -0.2) is 32.2 Å². The van der Waals surface area contributed by atoms with Crippen molar-refractivity contribution in [2.24, 2.45) is 34.5 Å². The third-order valence-corrected chi connectivity index (χ3v) is 11.3. The molecule has 3 nitrogen and oxygen atoms in total. The summed E-state index contributed by atoms with van der Waals surface area (Å²) in [5, 5.41) is 0. The molecule has 1 saturated heterocycles. The SMILES string of the molecule is C[C@]12CCCC[C@@H]1CC[C@@H]1[C@@H]2CC[C@]2(C)[C@@H](OCCCCCCOC3CCCCO3)CC[C@@H]12. The maximum absolute atomic E-state index is 6.64. The van der Waals surface area contributed by atoms with E-state index in [1.54, 1.807) is 0 Å². The van der Waals surface area contributed by atoms with E-state index in [2.05, 4.69) is 13.8 Å². The lowest BCUT2D eigenvalue weighted by molar-refractivity contribution is -0.162. The molecule has 33 heavy (non-hydrogen) atoms. The molecule has 1 aliphatic heterocycles. The van der Waals surface area contributed by atoms with Gasteiger partial charge in [0.2, 0.25) is 0 Å². The largest absolute Gasteiger partial charge is 0.378 e. The van der Waals surface area contributed by atoms with Gasteiger partial charge in [-0.2, -0.15) is 0 Å². The summed E-state index contributed by atoms with van der Waals surface area (Å²) in [6.45, 7) is 8.02. The molecule has 0 aromatic heterocycles. The van der Waals surface area contributed by atoms with Crippen molar-refractivity contribution < 1.29 is 14.2 Å². The fourth-order valence-corrected chi connectivity index (χ4v) is 9.36. The van der Waals surface area contributed by atoms with Crippen LogP contribution in [0.4, 0.5) is 0 Å². The van der Waals surface area contributed by atoms with Crippen LogP contribution in [0.15, 0.2) is 0 Å². The first-order chi connectivity index (χ1) is 16.1. The third-order valence-electron chi connectivity index (χ3n) is 11.3. The zero-order valence-electron chi connectivity index (χ0n) is 21.8. The summed E-state index contributed by atoms with van der Waals surface area (Å²) < 4.78 is 18.2. The quantitative estimate of drug-likeness (QED) is 0.327. The van der Waals surface area contributed by atoms with Gasteiger partial charge in [0, 0.05) is 19.8 Å². The second-order valence-corrected chi connectivity index (χ2v) is 13.0. The summed E-state index contributed by atoms with van der Waals surface area (Å²) in [6, 6.07) is 0. The maximum Gasteiger partial charge on any atom is 0.157 e. The van der Waals surface area contributed by atoms with E-state index in [1.165, 1.54) is 96.3 Å². The Morgan fingerprint density at radius 3 is 2.27 bits per heavy atom. The van der Waals surface area contributed by atoms with E-state index in [0.717, 1.165) is 56.3 Å². The summed E-state index contributed by atoms with van der Waals surface area (Å²) in [7, 11) is 0. The highest BCUT2D eigenvalue weighted by Crippen LogP contribution is 2.66. The van der Waals surface area contributed by atoms with Crippen LogP contribution >= 0.6 is 0 Å². The van der Waals surface area contributed by atoms with Gasteiger partial charge in [0.25, 0.3) is 0 Å². The minimum atomic E-state index is 0.0731. The summed E-state index contributed by atoms with van der Waals surface area (Å²) in [5.41, 5.74) is 1.11. The van der Waals surface area contributed by atoms with Crippen molar-refractivity contribution >= 4 is 0 Å². The van der Waals surface area contributed by atoms with Crippen LogP contribution in [0.5, 0.6) is 0 Å². The molecule has 0 spiro atoms. The highest BCUT2D eigenvalue weighted by Gasteiger charge is 2.59. The molecule has 0 aromatic rings. The fraction of sp³-hybridized carbons (Fsp3) is 1.00. The van der Waals surface area contributed by atoms with Crippen LogP contribution in [0.2, 0.25) is 0 Å². The summed E-state index contributed by atoms with van der Waals surface area (Å²) in [5.74, 6) is 3.96. The van der Waals surface area contributed by atoms with Crippen LogP contribution < -0.4 is 0 Å². The molecular weight excluding hydrogens is 408 g/mol. The lowest BCUT2D eigenvalue weighted by Gasteiger charge is -2.60. The van der Waals surface area contributed by atoms with Crippen molar-refractivity contribution in [1.82, 2.24) is 0 Å². The predicted octanol–water partition coefficient (Wildman–Crippen LogP) is 7.91. The monoisotopic (exact) mass is 460 g/mol. The second kappa shape index (κ2) is 10.9. The Bertz CT molecular complexity index is 616. The van der Waals surface area contributed by atoms with Gasteiger partial charge in [-0.15, -0.1) is 0 Å². The zero-order valence-corrected chi connectivity index (χ0v) is 21.8. The van der Waals surface area contributed by atoms with Gasteiger partial charge in [0.15, 0.2) is 6.29 Å². The molecular formula is C30H52O3. The molecule has 0 N–H and O–H groups in total. The smallest absolute Gasteiger partial charge is 0.157 e. The van der Waals surface area contributed by atoms with Gasteiger partial charge in [-0.05, 0) is 118 Å². The van der Waals surface area contributed by atoms with Crippen LogP contribution in [-0.2, 0) is 14.2 Å². The predicted molar refractivity (Wildman–Crippen MR) is 134 cm³/mol. The Labute approximate surface area is 204 Å². The van der Waals surface area contributed by atoms with Crippen molar-refractivity contribution in [2.75, 3.05) is 19.8 Å². The van der Waals surface area contributed by atoms with E-state index in [0.29, 0.717) is 16.9 Å². The number of hydrogen-bond donors (Lipinski definition) is 0. The topological polar surface area (TPSA) is 27.7 Å². The Balaban J connectivity index is 1.03. The lowest BCUT2D eigenvalue weighted by atomic mass is 9.45. The minimum Gasteiger partial charge on any atom is -0.378 e. The normalized spacial score (nSPS) is 45.3. The van der Waals surface area contributed by atoms with Crippen LogP contribution in [0.1, 0.15) is 123 Å². The molecule has 5 rings (SSSR count). The van der Waals surface area contributed by atoms with Crippen molar-refractivity contribution in [2.45, 2.75) is 135 Å². The average molecular weight is 461 g/mol. The lowest BCUT2D eigenvalue weighted by Crippen LogP contribution is -2.53. The number of fused-ring (bicyclic) bond motifs is 5. The molecule has 4 saturated carbocycles. The molecule has 1 unspecified atom stereocenters. The molecule has 0 bridgehead atoms. The Hall–Kier alpha value is -0.120. The highest BCUT2D eigenvalue weighted by atomic mass is 16.7. The summed E-state index contributed by atoms with van der Waals surface area (Å²) in [6.07, 6.45) is 23.7. The van der Waals surface area contributed by atoms with Gasteiger partial charge in [0.1, 0.15) is 0 Å². The Kier molecular flexibility index (Phi) is 8.09. The number of hydrogen-bond acceptors (Lipinski definition) is 3. The van der Waals surface area contributed by atoms with Gasteiger partial charge < -0.3 is 14.2 Å². The minimum absolute atomic E-state index is 0.0731. The van der Waals surface area contributed by atoms with Gasteiger partial charge in [-0.3, -0.25) is 0 Å². The van der Waals surface area contributed by atoms with Gasteiger partial charge in [0.05, 0.1) is 6.10 Å². The van der Waals surface area contributed by atoms with E-state index in [9.17, 15) is 0 Å². The van der Waals surface area contributed by atoms with Gasteiger partial charge >= 0.3 is 0 Å². The van der Waals surface area contributed by atoms with Crippen molar-refractivity contribution in [3.05, 3.63) is 0 Å². The Morgan fingerprint density at radius 1 is 0.667 bits per heavy atom. The number of unbranched alkanes of at least 4 members (excludes halogenated alkanes) is 3. The molecule has 1 heterocycles. The first kappa shape index (κ1) is 24.6. The van der Waals surface area contributed by atoms with Crippen LogP contribution in [0.25, 0.3) is 0 Å². The third kappa shape index (κ3) is 5.08. The van der Waals surface area contributed by atoms with Crippen molar-refractivity contribution in [3.8, 4) is 0 Å². The highest BCUT2D eigenvalue weighted by molar-refractivity contribution is 5.09. The molecule has 190 valence electrons. The van der Waals surface area contributed by atoms with Crippen LogP contribution in [0, 0.1) is 34.5 Å². The maximum atomic E-state index is 6.64. The van der Waals surface area contributed by atoms with Crippen molar-refractivity contribution in [1.29, 1.82) is 0 Å². The summed E-state index contributed by atoms with van der Waals surface area (Å²) >= 11 is 0. The molecule has 3 heteroatoms. The van der Waals surface area contributed by atoms with E-state index in [-0.39, 0.29) is 6.29 Å². The second-order valence-electron chi connectivity index (χ2n) is 13.0. The average Bonchev–Trinajstić information content (AvgIpc) is 3.17. The van der Waals surface area contributed by atoms with Crippen LogP contribution in [0.3, 0.4) is 0 Å². The van der Waals surface area contributed by atoms with E-state index in [4.69, 9.17) is 14.2 Å². The number of ether oxygens (including phenoxy) is 3. The van der Waals surface area contributed by atoms with Gasteiger partial charge in [-0.25, -0.2) is 0 Å².